The number of carbonyl (C=O) groups is 1. The molecule has 1 N–H and O–H groups in total. The number of nitriles is 1. The summed E-state index contributed by atoms with van der Waals surface area (Å²) >= 11 is 1.80. The zero-order valence-electron chi connectivity index (χ0n) is 22.9. The maximum Gasteiger partial charge on any atom is 0.336 e. The fourth-order valence-electron chi connectivity index (χ4n) is 4.61. The van der Waals surface area contributed by atoms with E-state index in [1.807, 2.05) is 6.07 Å². The number of ether oxygens (including phenoxy) is 2. The van der Waals surface area contributed by atoms with Crippen molar-refractivity contribution < 1.29 is 36.9 Å². The van der Waals surface area contributed by atoms with Gasteiger partial charge in [-0.2, -0.15) is 5.26 Å². The van der Waals surface area contributed by atoms with Gasteiger partial charge in [-0.1, -0.05) is 12.1 Å². The summed E-state index contributed by atoms with van der Waals surface area (Å²) in [6, 6.07) is 13.1. The predicted octanol–water partition coefficient (Wildman–Crippen LogP) is 6.65. The number of hydrogen-bond donors (Lipinski definition) is 1. The Morgan fingerprint density at radius 2 is 1.77 bits per heavy atom. The molecule has 5 aromatic rings. The molecular weight excluding hydrogens is 695 g/mol. The highest BCUT2D eigenvalue weighted by Gasteiger charge is 2.24. The maximum absolute atomic E-state index is 15.4. The van der Waals surface area contributed by atoms with E-state index in [0.717, 1.165) is 24.3 Å². The van der Waals surface area contributed by atoms with E-state index >= 15 is 8.78 Å². The number of nitrogens with zero attached hydrogens (tertiary/aromatic N) is 4. The number of carboxylic acids is 1. The number of halogens is 5. The van der Waals surface area contributed by atoms with Gasteiger partial charge >= 0.3 is 5.97 Å². The number of carboxylic acid groups (broad SMARTS) is 1. The summed E-state index contributed by atoms with van der Waals surface area (Å²) in [6.07, 6.45) is -0.230. The molecule has 0 aliphatic heterocycles. The molecule has 0 aliphatic carbocycles. The third-order valence-electron chi connectivity index (χ3n) is 6.78. The number of hydrogen-bond acceptors (Lipinski definition) is 6. The molecule has 2 heterocycles. The monoisotopic (exact) mass is 716 g/mol. The summed E-state index contributed by atoms with van der Waals surface area (Å²) in [5.74, 6) is -4.14. The zero-order chi connectivity index (χ0) is 31.5. The summed E-state index contributed by atoms with van der Waals surface area (Å²) in [4.78, 5) is 20.2. The number of aromatic carboxylic acids is 1. The average molecular weight is 716 g/mol. The van der Waals surface area contributed by atoms with E-state index in [0.29, 0.717) is 0 Å². The molecule has 8 nitrogen and oxygen atoms in total. The van der Waals surface area contributed by atoms with Crippen molar-refractivity contribution in [2.45, 2.75) is 19.6 Å². The van der Waals surface area contributed by atoms with Gasteiger partial charge in [-0.15, -0.1) is 0 Å². The smallest absolute Gasteiger partial charge is 0.336 e. The molecule has 44 heavy (non-hydrogen) atoms. The predicted molar refractivity (Wildman–Crippen MR) is 159 cm³/mol. The number of fused-ring (bicyclic) bond motifs is 1. The van der Waals surface area contributed by atoms with Crippen LogP contribution in [0.25, 0.3) is 22.3 Å². The Kier molecular flexibility index (Phi) is 9.12. The van der Waals surface area contributed by atoms with E-state index in [2.05, 4.69) is 9.97 Å². The minimum atomic E-state index is -1.32. The van der Waals surface area contributed by atoms with Crippen LogP contribution in [0.2, 0.25) is 0 Å². The molecule has 0 fully saturated rings. The van der Waals surface area contributed by atoms with Crippen LogP contribution in [0.4, 0.5) is 17.6 Å². The van der Waals surface area contributed by atoms with Gasteiger partial charge in [-0.05, 0) is 64.6 Å². The molecule has 2 aromatic heterocycles. The van der Waals surface area contributed by atoms with Gasteiger partial charge in [0.05, 0.1) is 38.6 Å². The molecule has 0 radical (unpaired) electrons. The second-order valence-corrected chi connectivity index (χ2v) is 10.6. The van der Waals surface area contributed by atoms with E-state index in [1.165, 1.54) is 37.4 Å². The van der Waals surface area contributed by atoms with Crippen LogP contribution >= 0.6 is 22.6 Å². The summed E-state index contributed by atoms with van der Waals surface area (Å²) in [5, 5.41) is 18.4. The number of aromatic nitrogens is 3. The molecule has 0 aliphatic rings. The fraction of sp³-hybridized carbons (Fsp3) is 0.161. The fourth-order valence-corrected chi connectivity index (χ4v) is 5.54. The van der Waals surface area contributed by atoms with Crippen LogP contribution in [0.1, 0.15) is 32.9 Å². The Hall–Kier alpha value is -4.55. The van der Waals surface area contributed by atoms with Gasteiger partial charge in [0.15, 0.2) is 5.82 Å². The molecule has 224 valence electrons. The minimum absolute atomic E-state index is 0.0411. The number of imidazole rings is 1. The first-order valence-corrected chi connectivity index (χ1v) is 14.0. The highest BCUT2D eigenvalue weighted by molar-refractivity contribution is 14.1. The van der Waals surface area contributed by atoms with Crippen molar-refractivity contribution in [3.63, 3.8) is 0 Å². The molecule has 0 unspecified atom stereocenters. The Morgan fingerprint density at radius 3 is 2.48 bits per heavy atom. The van der Waals surface area contributed by atoms with Crippen molar-refractivity contribution in [3.8, 4) is 23.2 Å². The van der Waals surface area contributed by atoms with Crippen LogP contribution in [-0.4, -0.2) is 39.3 Å². The third-order valence-corrected chi connectivity index (χ3v) is 7.87. The van der Waals surface area contributed by atoms with Crippen LogP contribution in [-0.2, 0) is 24.3 Å². The zero-order valence-corrected chi connectivity index (χ0v) is 25.0. The van der Waals surface area contributed by atoms with Gasteiger partial charge in [-0.3, -0.25) is 0 Å². The quantitative estimate of drug-likeness (QED) is 0.127. The first kappa shape index (κ1) is 30.9. The molecular formula is C31H21F4IN4O4. The van der Waals surface area contributed by atoms with Crippen LogP contribution in [0.5, 0.6) is 5.88 Å². The van der Waals surface area contributed by atoms with Crippen molar-refractivity contribution in [1.29, 1.82) is 5.26 Å². The van der Waals surface area contributed by atoms with Gasteiger partial charge in [0.25, 0.3) is 0 Å². The molecule has 0 atom stereocenters. The normalized spacial score (nSPS) is 11.1. The van der Waals surface area contributed by atoms with Crippen molar-refractivity contribution in [3.05, 3.63) is 110 Å². The second kappa shape index (κ2) is 13.0. The van der Waals surface area contributed by atoms with Gasteiger partial charge < -0.3 is 19.1 Å². The van der Waals surface area contributed by atoms with Crippen LogP contribution < -0.4 is 4.74 Å². The Bertz CT molecular complexity index is 1960. The largest absolute Gasteiger partial charge is 0.478 e. The minimum Gasteiger partial charge on any atom is -0.478 e. The van der Waals surface area contributed by atoms with Crippen molar-refractivity contribution in [2.75, 3.05) is 13.7 Å². The van der Waals surface area contributed by atoms with E-state index in [9.17, 15) is 18.7 Å². The number of methoxy groups -OCH3 is 1. The van der Waals surface area contributed by atoms with Crippen LogP contribution in [0.15, 0.2) is 54.6 Å². The van der Waals surface area contributed by atoms with E-state index in [-0.39, 0.29) is 86.0 Å². The van der Waals surface area contributed by atoms with Gasteiger partial charge in [-0.25, -0.2) is 32.3 Å². The van der Waals surface area contributed by atoms with Crippen molar-refractivity contribution in [2.24, 2.45) is 0 Å². The summed E-state index contributed by atoms with van der Waals surface area (Å²) in [7, 11) is 1.46. The summed E-state index contributed by atoms with van der Waals surface area (Å²) in [5.41, 5.74) is 0.0637. The second-order valence-electron chi connectivity index (χ2n) is 9.56. The average Bonchev–Trinajstić information content (AvgIpc) is 3.37. The SMILES string of the molecule is COCCn1c(Cc2cc(F)c(-c3cccc(OCc4ccc(C#N)cc4F)n3)cc2F)nc2c(F)cc(C(=O)O)c(I)c21. The van der Waals surface area contributed by atoms with E-state index < -0.39 is 29.2 Å². The van der Waals surface area contributed by atoms with E-state index in [4.69, 9.17) is 14.7 Å². The van der Waals surface area contributed by atoms with Gasteiger partial charge in [0.1, 0.15) is 35.4 Å². The molecule has 0 saturated carbocycles. The first-order valence-electron chi connectivity index (χ1n) is 13.0. The molecule has 5 rings (SSSR count). The van der Waals surface area contributed by atoms with E-state index in [1.54, 1.807) is 27.2 Å². The third kappa shape index (κ3) is 6.22. The van der Waals surface area contributed by atoms with Crippen molar-refractivity contribution in [1.82, 2.24) is 14.5 Å². The lowest BCUT2D eigenvalue weighted by molar-refractivity contribution is 0.0695. The molecule has 3 aromatic carbocycles. The van der Waals surface area contributed by atoms with Crippen LogP contribution in [0, 0.1) is 38.2 Å². The lowest BCUT2D eigenvalue weighted by Gasteiger charge is -2.12. The first-order chi connectivity index (χ1) is 21.1. The standard InChI is InChI=1S/C31H21F4IN4O4/c1-43-8-7-40-26(39-29-24(35)13-20(31(41)42)28(36)30(29)40)11-18-10-23(34)19(12-22(18)33)25-3-2-4-27(38-25)44-15-17-6-5-16(14-37)9-21(17)32/h2-6,9-10,12-13H,7-8,11,15H2,1H3,(H,41,42). The maximum atomic E-state index is 15.4. The highest BCUT2D eigenvalue weighted by atomic mass is 127. The molecule has 0 amide bonds. The molecule has 0 bridgehead atoms. The molecule has 0 spiro atoms. The summed E-state index contributed by atoms with van der Waals surface area (Å²) < 4.78 is 72.5. The highest BCUT2D eigenvalue weighted by Crippen LogP contribution is 2.31. The molecule has 13 heteroatoms. The number of pyridine rings is 1. The van der Waals surface area contributed by atoms with Crippen LogP contribution in [0.3, 0.4) is 0 Å². The molecule has 0 saturated heterocycles. The van der Waals surface area contributed by atoms with Crippen molar-refractivity contribution >= 4 is 39.6 Å². The Balaban J connectivity index is 1.45. The number of benzene rings is 3. The number of rotatable bonds is 10. The lowest BCUT2D eigenvalue weighted by Crippen LogP contribution is -2.11. The summed E-state index contributed by atoms with van der Waals surface area (Å²) in [6.45, 7) is 0.124. The lowest BCUT2D eigenvalue weighted by atomic mass is 10.0. The van der Waals surface area contributed by atoms with Gasteiger partial charge in [0, 0.05) is 37.3 Å². The Labute approximate surface area is 261 Å². The Morgan fingerprint density at radius 1 is 1.00 bits per heavy atom. The topological polar surface area (TPSA) is 110 Å². The van der Waals surface area contributed by atoms with Gasteiger partial charge in [0.2, 0.25) is 5.88 Å².